The lowest BCUT2D eigenvalue weighted by molar-refractivity contribution is 0.537. The molecule has 0 saturated heterocycles. The monoisotopic (exact) mass is 240 g/mol. The molecule has 1 aromatic heterocycles. The van der Waals surface area contributed by atoms with Crippen molar-refractivity contribution in [1.82, 2.24) is 9.36 Å². The van der Waals surface area contributed by atoms with Gasteiger partial charge in [0.2, 0.25) is 0 Å². The second-order valence-electron chi connectivity index (χ2n) is 3.94. The Labute approximate surface area is 100 Å². The number of aromatic nitrogens is 2. The summed E-state index contributed by atoms with van der Waals surface area (Å²) in [5.74, 6) is 0. The van der Waals surface area contributed by atoms with Gasteiger partial charge >= 0.3 is 0 Å². The van der Waals surface area contributed by atoms with Gasteiger partial charge in [-0.05, 0) is 6.42 Å². The van der Waals surface area contributed by atoms with E-state index in [1.165, 1.54) is 9.36 Å². The fourth-order valence-corrected chi connectivity index (χ4v) is 1.60. The highest BCUT2D eigenvalue weighted by Gasteiger charge is 2.14. The van der Waals surface area contributed by atoms with Crippen LogP contribution in [0.2, 0.25) is 0 Å². The van der Waals surface area contributed by atoms with Crippen LogP contribution in [0.1, 0.15) is 19.8 Å². The molecule has 0 aliphatic rings. The topological polar surface area (TPSA) is 68.1 Å². The van der Waals surface area contributed by atoms with Gasteiger partial charge in [0.1, 0.15) is 11.4 Å². The molecule has 0 fully saturated rings. The highest BCUT2D eigenvalue weighted by Crippen LogP contribution is 2.10. The van der Waals surface area contributed by atoms with Gasteiger partial charge in [-0.3, -0.25) is 9.59 Å². The lowest BCUT2D eigenvalue weighted by Crippen LogP contribution is -2.38. The summed E-state index contributed by atoms with van der Waals surface area (Å²) in [7, 11) is 4.79. The Morgan fingerprint density at radius 3 is 2.06 bits per heavy atom. The summed E-state index contributed by atoms with van der Waals surface area (Å²) < 4.78 is 2.59. The predicted molar refractivity (Wildman–Crippen MR) is 69.9 cm³/mol. The van der Waals surface area contributed by atoms with Gasteiger partial charge in [0, 0.05) is 27.7 Å². The number of rotatable bonds is 5. The highest BCUT2D eigenvalue weighted by molar-refractivity contribution is 5.66. The average Bonchev–Trinajstić information content (AvgIpc) is 2.33. The smallest absolute Gasteiger partial charge is 0.290 e. The summed E-state index contributed by atoms with van der Waals surface area (Å²) in [4.78, 5) is 23.9. The van der Waals surface area contributed by atoms with Crippen LogP contribution in [0.5, 0.6) is 0 Å². The molecule has 0 unspecified atom stereocenters. The van der Waals surface area contributed by atoms with Crippen molar-refractivity contribution >= 4 is 11.4 Å². The van der Waals surface area contributed by atoms with Crippen LogP contribution in [0.25, 0.3) is 0 Å². The first-order valence-corrected chi connectivity index (χ1v) is 5.76. The zero-order chi connectivity index (χ0) is 13.0. The Bertz CT molecular complexity index is 501. The number of nitrogens with zero attached hydrogens (tertiary/aromatic N) is 2. The van der Waals surface area contributed by atoms with Crippen molar-refractivity contribution in [2.45, 2.75) is 19.8 Å². The van der Waals surface area contributed by atoms with Crippen molar-refractivity contribution in [3.8, 4) is 0 Å². The molecule has 17 heavy (non-hydrogen) atoms. The van der Waals surface area contributed by atoms with Crippen LogP contribution in [-0.4, -0.2) is 23.0 Å². The SMILES string of the molecule is CCCCNc1c(NC)c(=O)n(C)n(C)c1=O. The molecule has 96 valence electrons. The molecule has 0 spiro atoms. The van der Waals surface area contributed by atoms with Gasteiger partial charge in [0.25, 0.3) is 11.1 Å². The minimum atomic E-state index is -0.214. The Kier molecular flexibility index (Phi) is 4.37. The molecule has 0 atom stereocenters. The van der Waals surface area contributed by atoms with E-state index in [0.717, 1.165) is 12.8 Å². The van der Waals surface area contributed by atoms with E-state index in [0.29, 0.717) is 17.9 Å². The van der Waals surface area contributed by atoms with Crippen LogP contribution in [0.3, 0.4) is 0 Å². The molecule has 6 nitrogen and oxygen atoms in total. The van der Waals surface area contributed by atoms with Crippen LogP contribution in [-0.2, 0) is 14.1 Å². The van der Waals surface area contributed by atoms with Crippen molar-refractivity contribution < 1.29 is 0 Å². The van der Waals surface area contributed by atoms with E-state index in [-0.39, 0.29) is 11.1 Å². The van der Waals surface area contributed by atoms with Gasteiger partial charge < -0.3 is 10.6 Å². The molecule has 0 amide bonds. The van der Waals surface area contributed by atoms with Crippen molar-refractivity contribution in [3.63, 3.8) is 0 Å². The maximum atomic E-state index is 12.0. The second kappa shape index (κ2) is 5.56. The molecule has 1 aromatic rings. The van der Waals surface area contributed by atoms with E-state index in [2.05, 4.69) is 17.6 Å². The van der Waals surface area contributed by atoms with Crippen LogP contribution in [0, 0.1) is 0 Å². The Hall–Kier alpha value is -1.72. The van der Waals surface area contributed by atoms with E-state index < -0.39 is 0 Å². The normalized spacial score (nSPS) is 10.4. The van der Waals surface area contributed by atoms with E-state index in [9.17, 15) is 9.59 Å². The van der Waals surface area contributed by atoms with E-state index >= 15 is 0 Å². The standard InChI is InChI=1S/C11H20N4O2/c1-5-6-7-13-9-8(12-2)10(16)14(3)15(4)11(9)17/h12-13H,5-7H2,1-4H3. The third kappa shape index (κ3) is 2.51. The molecule has 0 aliphatic heterocycles. The Morgan fingerprint density at radius 2 is 1.59 bits per heavy atom. The summed E-state index contributed by atoms with van der Waals surface area (Å²) in [5, 5.41) is 5.82. The van der Waals surface area contributed by atoms with Crippen LogP contribution in [0.15, 0.2) is 9.59 Å². The number of hydrogen-bond donors (Lipinski definition) is 2. The summed E-state index contributed by atoms with van der Waals surface area (Å²) in [6, 6.07) is 0. The van der Waals surface area contributed by atoms with Gasteiger partial charge in [0.15, 0.2) is 0 Å². The van der Waals surface area contributed by atoms with E-state index in [1.807, 2.05) is 0 Å². The Morgan fingerprint density at radius 1 is 1.06 bits per heavy atom. The van der Waals surface area contributed by atoms with E-state index in [1.54, 1.807) is 21.1 Å². The predicted octanol–water partition coefficient (Wildman–Crippen LogP) is 0.338. The molecule has 0 saturated carbocycles. The quantitative estimate of drug-likeness (QED) is 0.728. The van der Waals surface area contributed by atoms with E-state index in [4.69, 9.17) is 0 Å². The van der Waals surface area contributed by atoms with Gasteiger partial charge in [-0.15, -0.1) is 0 Å². The Balaban J connectivity index is 3.27. The summed E-state index contributed by atoms with van der Waals surface area (Å²) in [6.07, 6.45) is 1.99. The number of unbranched alkanes of at least 4 members (excludes halogenated alkanes) is 1. The fraction of sp³-hybridized carbons (Fsp3) is 0.636. The number of hydrogen-bond acceptors (Lipinski definition) is 4. The van der Waals surface area contributed by atoms with Crippen molar-refractivity contribution in [3.05, 3.63) is 20.7 Å². The molecule has 1 rings (SSSR count). The zero-order valence-electron chi connectivity index (χ0n) is 10.8. The van der Waals surface area contributed by atoms with Crippen molar-refractivity contribution in [2.75, 3.05) is 24.2 Å². The molecule has 0 radical (unpaired) electrons. The minimum Gasteiger partial charge on any atom is -0.382 e. The van der Waals surface area contributed by atoms with Gasteiger partial charge in [0.05, 0.1) is 0 Å². The largest absolute Gasteiger partial charge is 0.382 e. The molecule has 0 bridgehead atoms. The first kappa shape index (κ1) is 13.3. The third-order valence-corrected chi connectivity index (χ3v) is 2.80. The van der Waals surface area contributed by atoms with Crippen LogP contribution < -0.4 is 21.8 Å². The van der Waals surface area contributed by atoms with Gasteiger partial charge in [-0.25, -0.2) is 9.36 Å². The highest BCUT2D eigenvalue weighted by atomic mass is 16.2. The van der Waals surface area contributed by atoms with Gasteiger partial charge in [-0.1, -0.05) is 13.3 Å². The maximum absolute atomic E-state index is 12.0. The lowest BCUT2D eigenvalue weighted by Gasteiger charge is -2.14. The van der Waals surface area contributed by atoms with Crippen LogP contribution in [0.4, 0.5) is 11.4 Å². The molecular weight excluding hydrogens is 220 g/mol. The van der Waals surface area contributed by atoms with Gasteiger partial charge in [-0.2, -0.15) is 0 Å². The molecule has 6 heteroatoms. The first-order valence-electron chi connectivity index (χ1n) is 5.76. The lowest BCUT2D eigenvalue weighted by atomic mass is 10.3. The third-order valence-electron chi connectivity index (χ3n) is 2.80. The molecule has 0 aliphatic carbocycles. The molecular formula is C11H20N4O2. The van der Waals surface area contributed by atoms with Crippen LogP contribution >= 0.6 is 0 Å². The maximum Gasteiger partial charge on any atom is 0.290 e. The summed E-state index contributed by atoms with van der Waals surface area (Å²) in [5.41, 5.74) is 0.263. The summed E-state index contributed by atoms with van der Waals surface area (Å²) >= 11 is 0. The zero-order valence-corrected chi connectivity index (χ0v) is 10.8. The molecule has 1 heterocycles. The average molecular weight is 240 g/mol. The fourth-order valence-electron chi connectivity index (χ4n) is 1.60. The number of nitrogens with one attached hydrogen (secondary N) is 2. The molecule has 2 N–H and O–H groups in total. The molecule has 0 aromatic carbocycles. The minimum absolute atomic E-state index is 0.201. The first-order chi connectivity index (χ1) is 8.04. The van der Waals surface area contributed by atoms with Crippen molar-refractivity contribution in [1.29, 1.82) is 0 Å². The van der Waals surface area contributed by atoms with Crippen molar-refractivity contribution in [2.24, 2.45) is 14.1 Å². The summed E-state index contributed by atoms with van der Waals surface area (Å²) in [6.45, 7) is 2.76. The second-order valence-corrected chi connectivity index (χ2v) is 3.94. The number of anilines is 2.